The lowest BCUT2D eigenvalue weighted by molar-refractivity contribution is -0.111. The second-order valence-corrected chi connectivity index (χ2v) is 3.62. The fraction of sp³-hybridized carbons (Fsp3) is 0.750. The summed E-state index contributed by atoms with van der Waals surface area (Å²) in [6.07, 6.45) is 0.763. The molecule has 0 amide bonds. The number of ketones is 1. The highest BCUT2D eigenvalue weighted by atomic mass is 16.1. The maximum Gasteiger partial charge on any atom is 0.175 e. The van der Waals surface area contributed by atoms with Crippen LogP contribution in [-0.2, 0) is 4.79 Å². The molecule has 1 rings (SSSR count). The first kappa shape index (κ1) is 8.24. The van der Waals surface area contributed by atoms with E-state index in [2.05, 4.69) is 18.9 Å². The van der Waals surface area contributed by atoms with E-state index in [-0.39, 0.29) is 11.3 Å². The highest BCUT2D eigenvalue weighted by molar-refractivity contribution is 6.39. The van der Waals surface area contributed by atoms with E-state index in [1.54, 1.807) is 6.92 Å². The molecule has 0 radical (unpaired) electrons. The third-order valence-corrected chi connectivity index (χ3v) is 2.15. The molecule has 1 aliphatic heterocycles. The molecule has 0 spiro atoms. The zero-order chi connectivity index (χ0) is 8.65. The molecule has 3 nitrogen and oxygen atoms in total. The van der Waals surface area contributed by atoms with Gasteiger partial charge in [0.15, 0.2) is 5.78 Å². The largest absolute Gasteiger partial charge is 0.294 e. The third kappa shape index (κ3) is 1.42. The molecule has 1 heterocycles. The number of hydrazone groups is 1. The highest BCUT2D eigenvalue weighted by Gasteiger charge is 2.32. The Balaban J connectivity index is 2.79. The van der Waals surface area contributed by atoms with Crippen LogP contribution in [0.1, 0.15) is 27.2 Å². The van der Waals surface area contributed by atoms with Crippen LogP contribution in [0.3, 0.4) is 0 Å². The van der Waals surface area contributed by atoms with Crippen molar-refractivity contribution in [1.29, 1.82) is 0 Å². The molecule has 3 heteroatoms. The fourth-order valence-electron chi connectivity index (χ4n) is 1.07. The van der Waals surface area contributed by atoms with Gasteiger partial charge in [0, 0.05) is 20.4 Å². The van der Waals surface area contributed by atoms with Crippen molar-refractivity contribution in [3.8, 4) is 0 Å². The molecule has 0 unspecified atom stereocenters. The van der Waals surface area contributed by atoms with Crippen LogP contribution >= 0.6 is 0 Å². The van der Waals surface area contributed by atoms with E-state index in [1.165, 1.54) is 0 Å². The maximum absolute atomic E-state index is 10.9. The maximum atomic E-state index is 10.9. The molecule has 1 aliphatic rings. The van der Waals surface area contributed by atoms with Crippen LogP contribution in [0.25, 0.3) is 0 Å². The van der Waals surface area contributed by atoms with Crippen molar-refractivity contribution in [3.63, 3.8) is 0 Å². The van der Waals surface area contributed by atoms with E-state index < -0.39 is 0 Å². The second kappa shape index (κ2) is 2.32. The zero-order valence-electron chi connectivity index (χ0n) is 7.51. The van der Waals surface area contributed by atoms with Gasteiger partial charge >= 0.3 is 0 Å². The molecule has 0 saturated heterocycles. The van der Waals surface area contributed by atoms with Gasteiger partial charge in [-0.2, -0.15) is 5.10 Å². The lowest BCUT2D eigenvalue weighted by Crippen LogP contribution is -2.33. The van der Waals surface area contributed by atoms with Gasteiger partial charge in [-0.25, -0.2) is 0 Å². The van der Waals surface area contributed by atoms with Crippen LogP contribution in [0.15, 0.2) is 5.10 Å². The van der Waals surface area contributed by atoms with Gasteiger partial charge in [0.05, 0.1) is 5.54 Å². The Kier molecular flexibility index (Phi) is 1.74. The van der Waals surface area contributed by atoms with Crippen LogP contribution in [-0.4, -0.2) is 29.1 Å². The summed E-state index contributed by atoms with van der Waals surface area (Å²) >= 11 is 0. The van der Waals surface area contributed by atoms with Crippen molar-refractivity contribution >= 4 is 11.5 Å². The van der Waals surface area contributed by atoms with Crippen molar-refractivity contribution in [1.82, 2.24) is 5.01 Å². The summed E-state index contributed by atoms with van der Waals surface area (Å²) in [6.45, 7) is 5.72. The average Bonchev–Trinajstić information content (AvgIpc) is 2.08. The van der Waals surface area contributed by atoms with E-state index in [9.17, 15) is 4.79 Å². The Bertz CT molecular complexity index is 218. The first-order valence-electron chi connectivity index (χ1n) is 3.76. The molecular formula is C8H14N2O. The van der Waals surface area contributed by atoms with Gasteiger partial charge < -0.3 is 0 Å². The van der Waals surface area contributed by atoms with E-state index in [4.69, 9.17) is 0 Å². The van der Waals surface area contributed by atoms with Crippen LogP contribution in [0.2, 0.25) is 0 Å². The summed E-state index contributed by atoms with van der Waals surface area (Å²) in [6, 6.07) is 0. The minimum absolute atomic E-state index is 0.0149. The molecule has 0 saturated carbocycles. The molecule has 0 atom stereocenters. The molecule has 0 aliphatic carbocycles. The van der Waals surface area contributed by atoms with Gasteiger partial charge in [-0.05, 0) is 13.8 Å². The normalized spacial score (nSPS) is 21.8. The van der Waals surface area contributed by atoms with Gasteiger partial charge in [-0.3, -0.25) is 9.80 Å². The quantitative estimate of drug-likeness (QED) is 0.565. The predicted octanol–water partition coefficient (Wildman–Crippen LogP) is 1.05. The lowest BCUT2D eigenvalue weighted by atomic mass is 9.97. The number of Topliss-reactive ketones (excluding diaryl/α,β-unsaturated/α-hetero) is 1. The first-order valence-corrected chi connectivity index (χ1v) is 3.76. The monoisotopic (exact) mass is 154 g/mol. The molecule has 0 bridgehead atoms. The minimum Gasteiger partial charge on any atom is -0.294 e. The van der Waals surface area contributed by atoms with Gasteiger partial charge in [0.2, 0.25) is 0 Å². The van der Waals surface area contributed by atoms with Crippen LogP contribution in [0.4, 0.5) is 0 Å². The minimum atomic E-state index is 0.0149. The first-order chi connectivity index (χ1) is 4.93. The van der Waals surface area contributed by atoms with Crippen LogP contribution < -0.4 is 0 Å². The van der Waals surface area contributed by atoms with E-state index in [1.807, 2.05) is 12.1 Å². The van der Waals surface area contributed by atoms with E-state index >= 15 is 0 Å². The van der Waals surface area contributed by atoms with Gasteiger partial charge in [0.1, 0.15) is 5.71 Å². The SMILES string of the molecule is CC(=O)C1=NN(C)C(C)(C)C1. The Morgan fingerprint density at radius 2 is 2.18 bits per heavy atom. The van der Waals surface area contributed by atoms with Crippen molar-refractivity contribution in [2.24, 2.45) is 5.10 Å². The molecule has 0 aromatic rings. The van der Waals surface area contributed by atoms with Crippen molar-refractivity contribution in [3.05, 3.63) is 0 Å². The second-order valence-electron chi connectivity index (χ2n) is 3.62. The Hall–Kier alpha value is -0.860. The summed E-state index contributed by atoms with van der Waals surface area (Å²) in [5, 5.41) is 5.99. The standard InChI is InChI=1S/C8H14N2O/c1-6(11)7-5-8(2,3)10(4)9-7/h5H2,1-4H3. The number of carbonyl (C=O) groups excluding carboxylic acids is 1. The fourth-order valence-corrected chi connectivity index (χ4v) is 1.07. The van der Waals surface area contributed by atoms with Crippen molar-refractivity contribution < 1.29 is 4.79 Å². The number of rotatable bonds is 1. The number of carbonyl (C=O) groups is 1. The molecule has 11 heavy (non-hydrogen) atoms. The Labute approximate surface area is 67.1 Å². The number of hydrogen-bond acceptors (Lipinski definition) is 3. The average molecular weight is 154 g/mol. The van der Waals surface area contributed by atoms with Gasteiger partial charge in [-0.1, -0.05) is 0 Å². The molecule has 0 N–H and O–H groups in total. The van der Waals surface area contributed by atoms with E-state index in [0.29, 0.717) is 5.71 Å². The van der Waals surface area contributed by atoms with Crippen molar-refractivity contribution in [2.45, 2.75) is 32.7 Å². The number of nitrogens with zero attached hydrogens (tertiary/aromatic N) is 2. The zero-order valence-corrected chi connectivity index (χ0v) is 7.51. The predicted molar refractivity (Wildman–Crippen MR) is 44.6 cm³/mol. The smallest absolute Gasteiger partial charge is 0.175 e. The summed E-state index contributed by atoms with van der Waals surface area (Å²) in [5.41, 5.74) is 0.707. The molecule has 0 aromatic heterocycles. The van der Waals surface area contributed by atoms with Crippen molar-refractivity contribution in [2.75, 3.05) is 7.05 Å². The van der Waals surface area contributed by atoms with Crippen LogP contribution in [0, 0.1) is 0 Å². The summed E-state index contributed by atoms with van der Waals surface area (Å²) in [4.78, 5) is 10.9. The summed E-state index contributed by atoms with van der Waals surface area (Å²) in [5.74, 6) is 0.0856. The summed E-state index contributed by atoms with van der Waals surface area (Å²) < 4.78 is 0. The molecule has 0 fully saturated rings. The van der Waals surface area contributed by atoms with Gasteiger partial charge in [-0.15, -0.1) is 0 Å². The molecular weight excluding hydrogens is 140 g/mol. The molecule has 0 aromatic carbocycles. The molecule has 62 valence electrons. The summed E-state index contributed by atoms with van der Waals surface area (Å²) in [7, 11) is 1.90. The topological polar surface area (TPSA) is 32.7 Å². The number of hydrogen-bond donors (Lipinski definition) is 0. The Morgan fingerprint density at radius 3 is 2.36 bits per heavy atom. The lowest BCUT2D eigenvalue weighted by Gasteiger charge is -2.25. The highest BCUT2D eigenvalue weighted by Crippen LogP contribution is 2.24. The van der Waals surface area contributed by atoms with Gasteiger partial charge in [0.25, 0.3) is 0 Å². The van der Waals surface area contributed by atoms with E-state index in [0.717, 1.165) is 6.42 Å². The third-order valence-electron chi connectivity index (χ3n) is 2.15. The Morgan fingerprint density at radius 1 is 1.64 bits per heavy atom. The van der Waals surface area contributed by atoms with Crippen LogP contribution in [0.5, 0.6) is 0 Å².